The Bertz CT molecular complexity index is 503. The van der Waals surface area contributed by atoms with E-state index in [4.69, 9.17) is 9.26 Å². The Morgan fingerprint density at radius 3 is 3.11 bits per heavy atom. The molecule has 0 amide bonds. The molecule has 2 aromatic rings. The average Bonchev–Trinajstić information content (AvgIpc) is 2.84. The first-order valence-corrected chi connectivity index (χ1v) is 6.63. The molecule has 1 saturated heterocycles. The van der Waals surface area contributed by atoms with Gasteiger partial charge in [0.05, 0.1) is 11.5 Å². The molecule has 1 aromatic heterocycles. The highest BCUT2D eigenvalue weighted by molar-refractivity contribution is 5.87. The second-order valence-electron chi connectivity index (χ2n) is 4.73. The van der Waals surface area contributed by atoms with Crippen molar-refractivity contribution in [3.63, 3.8) is 0 Å². The molecule has 1 N–H and O–H groups in total. The third-order valence-corrected chi connectivity index (χ3v) is 3.41. The minimum atomic E-state index is 0.407. The van der Waals surface area contributed by atoms with E-state index in [0.717, 1.165) is 36.4 Å². The minimum Gasteiger partial charge on any atom is -0.378 e. The molecule has 0 saturated carbocycles. The van der Waals surface area contributed by atoms with Gasteiger partial charge < -0.3 is 14.6 Å². The molecule has 1 fully saturated rings. The third-order valence-electron chi connectivity index (χ3n) is 3.41. The quantitative estimate of drug-likeness (QED) is 0.900. The SMILES string of the molecule is c1ccc2c(NCCC3CCCCO3)noc2c1. The summed E-state index contributed by atoms with van der Waals surface area (Å²) in [5.74, 6) is 0.835. The van der Waals surface area contributed by atoms with Crippen LogP contribution in [0.1, 0.15) is 25.7 Å². The van der Waals surface area contributed by atoms with E-state index in [0.29, 0.717) is 6.10 Å². The number of aromatic nitrogens is 1. The number of rotatable bonds is 4. The zero-order valence-electron chi connectivity index (χ0n) is 10.4. The molecule has 4 heteroatoms. The maximum absolute atomic E-state index is 5.70. The summed E-state index contributed by atoms with van der Waals surface area (Å²) in [7, 11) is 0. The number of benzene rings is 1. The number of anilines is 1. The first-order valence-electron chi connectivity index (χ1n) is 6.63. The van der Waals surface area contributed by atoms with E-state index < -0.39 is 0 Å². The van der Waals surface area contributed by atoms with Crippen molar-refractivity contribution in [1.29, 1.82) is 0 Å². The summed E-state index contributed by atoms with van der Waals surface area (Å²) in [6, 6.07) is 7.89. The fraction of sp³-hybridized carbons (Fsp3) is 0.500. The summed E-state index contributed by atoms with van der Waals surface area (Å²) in [4.78, 5) is 0. The van der Waals surface area contributed by atoms with E-state index in [9.17, 15) is 0 Å². The van der Waals surface area contributed by atoms with Gasteiger partial charge >= 0.3 is 0 Å². The van der Waals surface area contributed by atoms with Gasteiger partial charge in [-0.2, -0.15) is 0 Å². The van der Waals surface area contributed by atoms with Crippen molar-refractivity contribution in [2.45, 2.75) is 31.8 Å². The van der Waals surface area contributed by atoms with Gasteiger partial charge in [-0.1, -0.05) is 17.3 Å². The van der Waals surface area contributed by atoms with Crippen molar-refractivity contribution in [3.05, 3.63) is 24.3 Å². The lowest BCUT2D eigenvalue weighted by Crippen LogP contribution is -2.22. The monoisotopic (exact) mass is 246 g/mol. The van der Waals surface area contributed by atoms with Crippen molar-refractivity contribution < 1.29 is 9.26 Å². The van der Waals surface area contributed by atoms with Crippen molar-refractivity contribution in [3.8, 4) is 0 Å². The topological polar surface area (TPSA) is 47.3 Å². The number of hydrogen-bond donors (Lipinski definition) is 1. The predicted molar refractivity (Wildman–Crippen MR) is 70.7 cm³/mol. The Kier molecular flexibility index (Phi) is 3.46. The third kappa shape index (κ3) is 2.48. The number of ether oxygens (including phenoxy) is 1. The highest BCUT2D eigenvalue weighted by atomic mass is 16.5. The first-order chi connectivity index (χ1) is 8.93. The number of nitrogens with zero attached hydrogens (tertiary/aromatic N) is 1. The van der Waals surface area contributed by atoms with Crippen LogP contribution in [-0.4, -0.2) is 24.4 Å². The molecular weight excluding hydrogens is 228 g/mol. The van der Waals surface area contributed by atoms with Crippen molar-refractivity contribution in [2.75, 3.05) is 18.5 Å². The molecular formula is C14H18N2O2. The van der Waals surface area contributed by atoms with E-state index in [1.54, 1.807) is 0 Å². The summed E-state index contributed by atoms with van der Waals surface area (Å²) in [5.41, 5.74) is 0.828. The van der Waals surface area contributed by atoms with Gasteiger partial charge in [0.25, 0.3) is 0 Å². The molecule has 1 aliphatic heterocycles. The highest BCUT2D eigenvalue weighted by Crippen LogP contribution is 2.22. The van der Waals surface area contributed by atoms with Crippen LogP contribution in [0.2, 0.25) is 0 Å². The number of hydrogen-bond acceptors (Lipinski definition) is 4. The highest BCUT2D eigenvalue weighted by Gasteiger charge is 2.13. The van der Waals surface area contributed by atoms with E-state index in [-0.39, 0.29) is 0 Å². The summed E-state index contributed by atoms with van der Waals surface area (Å²) in [5, 5.41) is 8.42. The molecule has 1 atom stereocenters. The second-order valence-corrected chi connectivity index (χ2v) is 4.73. The van der Waals surface area contributed by atoms with Gasteiger partial charge in [0.1, 0.15) is 0 Å². The average molecular weight is 246 g/mol. The van der Waals surface area contributed by atoms with Crippen LogP contribution < -0.4 is 5.32 Å². The smallest absolute Gasteiger partial charge is 0.177 e. The molecule has 0 spiro atoms. The van der Waals surface area contributed by atoms with Crippen LogP contribution in [0.3, 0.4) is 0 Å². The van der Waals surface area contributed by atoms with Crippen LogP contribution in [0.4, 0.5) is 5.82 Å². The Balaban J connectivity index is 1.56. The van der Waals surface area contributed by atoms with Crippen LogP contribution in [0.25, 0.3) is 11.0 Å². The molecule has 4 nitrogen and oxygen atoms in total. The van der Waals surface area contributed by atoms with Crippen LogP contribution in [0.15, 0.2) is 28.8 Å². The van der Waals surface area contributed by atoms with Crippen LogP contribution >= 0.6 is 0 Å². The number of para-hydroxylation sites is 1. The van der Waals surface area contributed by atoms with Gasteiger partial charge in [0.2, 0.25) is 0 Å². The Hall–Kier alpha value is -1.55. The molecule has 1 aliphatic rings. The Labute approximate surface area is 106 Å². The summed E-state index contributed by atoms with van der Waals surface area (Å²) >= 11 is 0. The molecule has 1 aromatic carbocycles. The molecule has 2 heterocycles. The molecule has 3 rings (SSSR count). The second kappa shape index (κ2) is 5.40. The van der Waals surface area contributed by atoms with E-state index in [1.807, 2.05) is 24.3 Å². The molecule has 1 unspecified atom stereocenters. The van der Waals surface area contributed by atoms with Gasteiger partial charge in [-0.05, 0) is 37.8 Å². The lowest BCUT2D eigenvalue weighted by Gasteiger charge is -2.22. The lowest BCUT2D eigenvalue weighted by atomic mass is 10.1. The van der Waals surface area contributed by atoms with Crippen molar-refractivity contribution >= 4 is 16.8 Å². The standard InChI is InChI=1S/C14H18N2O2/c1-2-7-13-12(6-1)14(16-18-13)15-9-8-11-5-3-4-10-17-11/h1-2,6-7,11H,3-5,8-10H2,(H,15,16). The van der Waals surface area contributed by atoms with Crippen molar-refractivity contribution in [2.24, 2.45) is 0 Å². The summed E-state index contributed by atoms with van der Waals surface area (Å²) in [6.45, 7) is 1.79. The summed E-state index contributed by atoms with van der Waals surface area (Å²) in [6.07, 6.45) is 5.11. The van der Waals surface area contributed by atoms with Gasteiger partial charge in [-0.3, -0.25) is 0 Å². The van der Waals surface area contributed by atoms with E-state index in [2.05, 4.69) is 10.5 Å². The van der Waals surface area contributed by atoms with E-state index >= 15 is 0 Å². The Morgan fingerprint density at radius 1 is 1.28 bits per heavy atom. The van der Waals surface area contributed by atoms with Crippen LogP contribution in [0, 0.1) is 0 Å². The number of nitrogens with one attached hydrogen (secondary N) is 1. The largest absolute Gasteiger partial charge is 0.378 e. The number of fused-ring (bicyclic) bond motifs is 1. The summed E-state index contributed by atoms with van der Waals surface area (Å²) < 4.78 is 10.9. The zero-order valence-corrected chi connectivity index (χ0v) is 10.4. The van der Waals surface area contributed by atoms with Gasteiger partial charge in [-0.15, -0.1) is 0 Å². The van der Waals surface area contributed by atoms with Gasteiger partial charge in [0.15, 0.2) is 11.4 Å². The van der Waals surface area contributed by atoms with Crippen molar-refractivity contribution in [1.82, 2.24) is 5.16 Å². The maximum Gasteiger partial charge on any atom is 0.177 e. The molecule has 0 aliphatic carbocycles. The van der Waals surface area contributed by atoms with Gasteiger partial charge in [-0.25, -0.2) is 0 Å². The molecule has 0 bridgehead atoms. The maximum atomic E-state index is 5.70. The fourth-order valence-corrected chi connectivity index (χ4v) is 2.40. The van der Waals surface area contributed by atoms with E-state index in [1.165, 1.54) is 19.3 Å². The zero-order chi connectivity index (χ0) is 12.2. The lowest BCUT2D eigenvalue weighted by molar-refractivity contribution is 0.0134. The minimum absolute atomic E-state index is 0.407. The molecule has 96 valence electrons. The predicted octanol–water partition coefficient (Wildman–Crippen LogP) is 3.20. The molecule has 18 heavy (non-hydrogen) atoms. The van der Waals surface area contributed by atoms with Gasteiger partial charge in [0, 0.05) is 13.2 Å². The van der Waals surface area contributed by atoms with Crippen LogP contribution in [-0.2, 0) is 4.74 Å². The fourth-order valence-electron chi connectivity index (χ4n) is 2.40. The normalized spacial score (nSPS) is 20.1. The van der Waals surface area contributed by atoms with Crippen LogP contribution in [0.5, 0.6) is 0 Å². The Morgan fingerprint density at radius 2 is 2.22 bits per heavy atom. The first kappa shape index (κ1) is 11.5. The molecule has 0 radical (unpaired) electrons.